The molecule has 0 unspecified atom stereocenters. The highest BCUT2D eigenvalue weighted by molar-refractivity contribution is 6.09. The van der Waals surface area contributed by atoms with E-state index in [1.807, 2.05) is 19.9 Å². The summed E-state index contributed by atoms with van der Waals surface area (Å²) in [7, 11) is 1.46. The molecule has 2 rings (SSSR count). The topological polar surface area (TPSA) is 110 Å². The maximum atomic E-state index is 12.5. The minimum atomic E-state index is -0.540. The number of nitrogens with one attached hydrogen (secondary N) is 2. The molecule has 0 saturated heterocycles. The molecule has 8 heteroatoms. The van der Waals surface area contributed by atoms with Crippen molar-refractivity contribution in [3.05, 3.63) is 53.6 Å². The van der Waals surface area contributed by atoms with Crippen molar-refractivity contribution in [2.24, 2.45) is 0 Å². The Morgan fingerprint density at radius 2 is 1.81 bits per heavy atom. The fraction of sp³-hybridized carbons (Fsp3) is 0.261. The zero-order chi connectivity index (χ0) is 22.6. The number of carbonyl (C=O) groups excluding carboxylic acids is 2. The lowest BCUT2D eigenvalue weighted by Gasteiger charge is -2.11. The lowest BCUT2D eigenvalue weighted by atomic mass is 10.1. The summed E-state index contributed by atoms with van der Waals surface area (Å²) in [4.78, 5) is 24.1. The minimum absolute atomic E-state index is 0.0769. The van der Waals surface area contributed by atoms with Gasteiger partial charge in [-0.1, -0.05) is 6.07 Å². The highest BCUT2D eigenvalue weighted by Crippen LogP contribution is 2.29. The van der Waals surface area contributed by atoms with Gasteiger partial charge in [-0.2, -0.15) is 5.26 Å². The lowest BCUT2D eigenvalue weighted by molar-refractivity contribution is -0.123. The summed E-state index contributed by atoms with van der Waals surface area (Å²) in [5.41, 5.74) is 1.04. The third kappa shape index (κ3) is 7.08. The van der Waals surface area contributed by atoms with E-state index in [4.69, 9.17) is 14.2 Å². The normalized spacial score (nSPS) is 10.6. The van der Waals surface area contributed by atoms with E-state index in [0.717, 1.165) is 0 Å². The maximum absolute atomic E-state index is 12.5. The fourth-order valence-electron chi connectivity index (χ4n) is 2.60. The van der Waals surface area contributed by atoms with E-state index in [9.17, 15) is 14.9 Å². The zero-order valence-electron chi connectivity index (χ0n) is 17.7. The van der Waals surface area contributed by atoms with Gasteiger partial charge in [0.05, 0.1) is 13.7 Å². The van der Waals surface area contributed by atoms with E-state index in [1.165, 1.54) is 13.2 Å². The van der Waals surface area contributed by atoms with Crippen molar-refractivity contribution >= 4 is 23.6 Å². The van der Waals surface area contributed by atoms with Gasteiger partial charge >= 0.3 is 0 Å². The second kappa shape index (κ2) is 11.9. The van der Waals surface area contributed by atoms with Gasteiger partial charge in [0.2, 0.25) is 0 Å². The van der Waals surface area contributed by atoms with E-state index in [1.54, 1.807) is 42.5 Å². The Bertz CT molecular complexity index is 978. The van der Waals surface area contributed by atoms with Crippen LogP contribution in [0.4, 0.5) is 5.69 Å². The second-order valence-electron chi connectivity index (χ2n) is 6.23. The van der Waals surface area contributed by atoms with E-state index in [2.05, 4.69) is 10.6 Å². The third-order valence-electron chi connectivity index (χ3n) is 4.02. The number of hydrogen-bond donors (Lipinski definition) is 2. The van der Waals surface area contributed by atoms with Crippen LogP contribution < -0.4 is 24.8 Å². The van der Waals surface area contributed by atoms with Gasteiger partial charge < -0.3 is 24.8 Å². The first kappa shape index (κ1) is 23.3. The summed E-state index contributed by atoms with van der Waals surface area (Å²) in [6.07, 6.45) is 1.44. The van der Waals surface area contributed by atoms with Crippen LogP contribution in [-0.2, 0) is 9.59 Å². The van der Waals surface area contributed by atoms with Crippen molar-refractivity contribution in [2.75, 3.05) is 32.2 Å². The predicted octanol–water partition coefficient (Wildman–Crippen LogP) is 3.15. The van der Waals surface area contributed by atoms with E-state index < -0.39 is 5.91 Å². The number of likely N-dealkylation sites (N-methyl/N-ethyl adjacent to an activating group) is 1. The van der Waals surface area contributed by atoms with E-state index in [-0.39, 0.29) is 18.1 Å². The summed E-state index contributed by atoms with van der Waals surface area (Å²) < 4.78 is 16.1. The number of nitriles is 1. The Morgan fingerprint density at radius 1 is 1.06 bits per heavy atom. The first-order chi connectivity index (χ1) is 15.0. The van der Waals surface area contributed by atoms with Gasteiger partial charge in [-0.3, -0.25) is 9.59 Å². The Labute approximate surface area is 181 Å². The van der Waals surface area contributed by atoms with Crippen LogP contribution in [0.1, 0.15) is 19.4 Å². The van der Waals surface area contributed by atoms with Gasteiger partial charge in [0.15, 0.2) is 18.1 Å². The summed E-state index contributed by atoms with van der Waals surface area (Å²) in [5, 5.41) is 14.7. The molecule has 0 fully saturated rings. The number of benzene rings is 2. The molecule has 0 spiro atoms. The van der Waals surface area contributed by atoms with Crippen LogP contribution in [0.25, 0.3) is 6.08 Å². The molecule has 0 saturated carbocycles. The molecule has 0 aliphatic rings. The lowest BCUT2D eigenvalue weighted by Crippen LogP contribution is -2.28. The van der Waals surface area contributed by atoms with Crippen molar-refractivity contribution in [2.45, 2.75) is 13.8 Å². The molecule has 0 aliphatic heterocycles. The average molecular weight is 423 g/mol. The number of methoxy groups -OCH3 is 1. The molecule has 2 N–H and O–H groups in total. The van der Waals surface area contributed by atoms with Crippen LogP contribution in [0, 0.1) is 11.3 Å². The summed E-state index contributed by atoms with van der Waals surface area (Å²) in [5.74, 6) is 0.664. The third-order valence-corrected chi connectivity index (χ3v) is 4.02. The van der Waals surface area contributed by atoms with Crippen LogP contribution in [-0.4, -0.2) is 38.7 Å². The second-order valence-corrected chi connectivity index (χ2v) is 6.23. The van der Waals surface area contributed by atoms with Crippen LogP contribution >= 0.6 is 0 Å². The first-order valence-corrected chi connectivity index (χ1v) is 9.74. The van der Waals surface area contributed by atoms with Crippen molar-refractivity contribution < 1.29 is 23.8 Å². The quantitative estimate of drug-likeness (QED) is 0.449. The zero-order valence-corrected chi connectivity index (χ0v) is 17.7. The Balaban J connectivity index is 2.12. The van der Waals surface area contributed by atoms with Crippen molar-refractivity contribution in [1.82, 2.24) is 5.32 Å². The summed E-state index contributed by atoms with van der Waals surface area (Å²) >= 11 is 0. The highest BCUT2D eigenvalue weighted by Gasteiger charge is 2.12. The molecule has 2 aromatic rings. The van der Waals surface area contributed by atoms with Crippen LogP contribution in [0.2, 0.25) is 0 Å². The van der Waals surface area contributed by atoms with Crippen molar-refractivity contribution in [1.29, 1.82) is 5.26 Å². The predicted molar refractivity (Wildman–Crippen MR) is 117 cm³/mol. The molecule has 0 bridgehead atoms. The number of rotatable bonds is 10. The molecule has 162 valence electrons. The molecule has 2 aromatic carbocycles. The van der Waals surface area contributed by atoms with Crippen molar-refractivity contribution in [3.63, 3.8) is 0 Å². The number of hydrogen-bond acceptors (Lipinski definition) is 6. The Morgan fingerprint density at radius 3 is 2.42 bits per heavy atom. The molecule has 31 heavy (non-hydrogen) atoms. The molecule has 0 heterocycles. The number of ether oxygens (including phenoxy) is 3. The fourth-order valence-corrected chi connectivity index (χ4v) is 2.60. The van der Waals surface area contributed by atoms with Crippen molar-refractivity contribution in [3.8, 4) is 23.3 Å². The largest absolute Gasteiger partial charge is 0.494 e. The van der Waals surface area contributed by atoms with Gasteiger partial charge in [-0.15, -0.1) is 0 Å². The summed E-state index contributed by atoms with van der Waals surface area (Å²) in [6.45, 7) is 4.62. The van der Waals surface area contributed by atoms with Gasteiger partial charge in [-0.25, -0.2) is 0 Å². The highest BCUT2D eigenvalue weighted by atomic mass is 16.5. The minimum Gasteiger partial charge on any atom is -0.494 e. The smallest absolute Gasteiger partial charge is 0.266 e. The number of amides is 2. The molecular weight excluding hydrogens is 398 g/mol. The van der Waals surface area contributed by atoms with Crippen LogP contribution in [0.3, 0.4) is 0 Å². The number of carbonyl (C=O) groups is 2. The van der Waals surface area contributed by atoms with Gasteiger partial charge in [0, 0.05) is 12.2 Å². The van der Waals surface area contributed by atoms with E-state index in [0.29, 0.717) is 41.7 Å². The standard InChI is InChI=1S/C23H25N3O5/c1-4-25-22(27)15-31-20-11-6-16(13-21(20)29-3)12-17(14-24)23(28)26-18-7-9-19(10-8-18)30-5-2/h6-13H,4-5,15H2,1-3H3,(H,25,27)(H,26,28)/b17-12+. The monoisotopic (exact) mass is 423 g/mol. The van der Waals surface area contributed by atoms with Gasteiger partial charge in [-0.05, 0) is 61.9 Å². The first-order valence-electron chi connectivity index (χ1n) is 9.74. The molecule has 0 aromatic heterocycles. The van der Waals surface area contributed by atoms with Gasteiger partial charge in [0.25, 0.3) is 11.8 Å². The average Bonchev–Trinajstić information content (AvgIpc) is 2.78. The Hall–Kier alpha value is -3.99. The van der Waals surface area contributed by atoms with Gasteiger partial charge in [0.1, 0.15) is 17.4 Å². The van der Waals surface area contributed by atoms with E-state index >= 15 is 0 Å². The number of nitrogens with zero attached hydrogens (tertiary/aromatic N) is 1. The Kier molecular flexibility index (Phi) is 8.92. The molecule has 2 amide bonds. The molecule has 0 atom stereocenters. The molecular formula is C23H25N3O5. The molecule has 0 radical (unpaired) electrons. The SMILES string of the molecule is CCNC(=O)COc1ccc(/C=C(\C#N)C(=O)Nc2ccc(OCC)cc2)cc1OC. The molecule has 0 aliphatic carbocycles. The number of anilines is 1. The van der Waals surface area contributed by atoms with Crippen LogP contribution in [0.15, 0.2) is 48.0 Å². The maximum Gasteiger partial charge on any atom is 0.266 e. The van der Waals surface area contributed by atoms with Crippen LogP contribution in [0.5, 0.6) is 17.2 Å². The summed E-state index contributed by atoms with van der Waals surface area (Å²) in [6, 6.07) is 13.7. The molecule has 8 nitrogen and oxygen atoms in total.